The molecule has 0 atom stereocenters. The quantitative estimate of drug-likeness (QED) is 0.326. The van der Waals surface area contributed by atoms with Crippen molar-refractivity contribution in [3.05, 3.63) is 56.5 Å². The van der Waals surface area contributed by atoms with E-state index in [4.69, 9.17) is 0 Å². The SMILES string of the molecule is Brc1ccc2c(c1)C1(CCCCCCCCCCCCCC1)c1cc(Br)ccc1-2. The number of hydrogen-bond acceptors (Lipinski definition) is 0. The number of halogens is 2. The van der Waals surface area contributed by atoms with Gasteiger partial charge in [0.15, 0.2) is 0 Å². The molecule has 2 heteroatoms. The Morgan fingerprint density at radius 1 is 0.483 bits per heavy atom. The van der Waals surface area contributed by atoms with E-state index in [1.165, 1.54) is 110 Å². The number of rotatable bonds is 0. The molecular weight excluding hydrogens is 484 g/mol. The molecular formula is C27H34Br2. The molecule has 0 amide bonds. The van der Waals surface area contributed by atoms with E-state index in [0.717, 1.165) is 0 Å². The highest BCUT2D eigenvalue weighted by Gasteiger charge is 2.42. The van der Waals surface area contributed by atoms with E-state index in [-0.39, 0.29) is 5.41 Å². The van der Waals surface area contributed by atoms with Crippen LogP contribution in [0, 0.1) is 0 Å². The molecule has 2 aliphatic rings. The first-order chi connectivity index (χ1) is 14.2. The van der Waals surface area contributed by atoms with Gasteiger partial charge in [-0.05, 0) is 59.4 Å². The van der Waals surface area contributed by atoms with Crippen LogP contribution < -0.4 is 0 Å². The van der Waals surface area contributed by atoms with Gasteiger partial charge in [-0.25, -0.2) is 0 Å². The van der Waals surface area contributed by atoms with Crippen molar-refractivity contribution in [2.45, 2.75) is 95.3 Å². The Morgan fingerprint density at radius 2 is 0.828 bits per heavy atom. The second-order valence-corrected chi connectivity index (χ2v) is 11.0. The van der Waals surface area contributed by atoms with Crippen molar-refractivity contribution in [1.82, 2.24) is 0 Å². The van der Waals surface area contributed by atoms with Crippen molar-refractivity contribution in [1.29, 1.82) is 0 Å². The summed E-state index contributed by atoms with van der Waals surface area (Å²) in [6.45, 7) is 0. The summed E-state index contributed by atoms with van der Waals surface area (Å²) in [6, 6.07) is 14.0. The summed E-state index contributed by atoms with van der Waals surface area (Å²) >= 11 is 7.56. The molecule has 2 aliphatic carbocycles. The summed E-state index contributed by atoms with van der Waals surface area (Å²) in [6.07, 6.45) is 19.5. The summed E-state index contributed by atoms with van der Waals surface area (Å²) < 4.78 is 2.44. The highest BCUT2D eigenvalue weighted by molar-refractivity contribution is 9.10. The van der Waals surface area contributed by atoms with Crippen LogP contribution in [0.3, 0.4) is 0 Å². The Hall–Kier alpha value is -0.600. The van der Waals surface area contributed by atoms with Crippen molar-refractivity contribution in [3.63, 3.8) is 0 Å². The van der Waals surface area contributed by atoms with Gasteiger partial charge in [-0.1, -0.05) is 121 Å². The van der Waals surface area contributed by atoms with Crippen molar-refractivity contribution >= 4 is 31.9 Å². The van der Waals surface area contributed by atoms with E-state index < -0.39 is 0 Å². The molecule has 0 heterocycles. The topological polar surface area (TPSA) is 0 Å². The number of hydrogen-bond donors (Lipinski definition) is 0. The van der Waals surface area contributed by atoms with Gasteiger partial charge >= 0.3 is 0 Å². The predicted molar refractivity (Wildman–Crippen MR) is 133 cm³/mol. The van der Waals surface area contributed by atoms with E-state index in [1.807, 2.05) is 0 Å². The fourth-order valence-corrected chi connectivity index (χ4v) is 6.45. The Kier molecular flexibility index (Phi) is 7.56. The van der Waals surface area contributed by atoms with Crippen LogP contribution in [-0.2, 0) is 5.41 Å². The molecule has 1 spiro atoms. The Labute approximate surface area is 194 Å². The normalized spacial score (nSPS) is 20.5. The zero-order valence-corrected chi connectivity index (χ0v) is 20.8. The number of benzene rings is 2. The molecule has 0 bridgehead atoms. The zero-order valence-electron chi connectivity index (χ0n) is 17.6. The third-order valence-electron chi connectivity index (χ3n) is 7.24. The molecule has 0 nitrogen and oxygen atoms in total. The molecule has 0 aromatic heterocycles. The van der Waals surface area contributed by atoms with Gasteiger partial charge in [0, 0.05) is 14.4 Å². The highest BCUT2D eigenvalue weighted by Crippen LogP contribution is 2.55. The molecule has 0 saturated heterocycles. The summed E-state index contributed by atoms with van der Waals surface area (Å²) in [4.78, 5) is 0. The van der Waals surface area contributed by atoms with Crippen LogP contribution in [-0.4, -0.2) is 0 Å². The molecule has 2 aromatic rings. The van der Waals surface area contributed by atoms with Crippen LogP contribution in [0.2, 0.25) is 0 Å². The lowest BCUT2D eigenvalue weighted by Gasteiger charge is -2.33. The van der Waals surface area contributed by atoms with Crippen molar-refractivity contribution < 1.29 is 0 Å². The molecule has 2 aromatic carbocycles. The largest absolute Gasteiger partial charge is 0.0533 e. The predicted octanol–water partition coefficient (Wildman–Crippen LogP) is 9.95. The zero-order chi connectivity index (χ0) is 20.1. The molecule has 4 rings (SSSR count). The van der Waals surface area contributed by atoms with Gasteiger partial charge in [0.2, 0.25) is 0 Å². The first kappa shape index (κ1) is 21.6. The molecule has 0 aliphatic heterocycles. The van der Waals surface area contributed by atoms with E-state index in [2.05, 4.69) is 68.3 Å². The first-order valence-electron chi connectivity index (χ1n) is 11.8. The Morgan fingerprint density at radius 3 is 1.21 bits per heavy atom. The smallest absolute Gasteiger partial charge is 0.0216 e. The monoisotopic (exact) mass is 516 g/mol. The lowest BCUT2D eigenvalue weighted by atomic mass is 9.70. The van der Waals surface area contributed by atoms with Gasteiger partial charge in [-0.3, -0.25) is 0 Å². The van der Waals surface area contributed by atoms with Gasteiger partial charge in [0.25, 0.3) is 0 Å². The van der Waals surface area contributed by atoms with Crippen LogP contribution in [0.5, 0.6) is 0 Å². The molecule has 156 valence electrons. The minimum absolute atomic E-state index is 0.193. The third kappa shape index (κ3) is 4.85. The van der Waals surface area contributed by atoms with E-state index in [9.17, 15) is 0 Å². The molecule has 0 radical (unpaired) electrons. The van der Waals surface area contributed by atoms with Crippen LogP contribution in [0.1, 0.15) is 101 Å². The second-order valence-electron chi connectivity index (χ2n) is 9.20. The van der Waals surface area contributed by atoms with Crippen molar-refractivity contribution in [3.8, 4) is 11.1 Å². The van der Waals surface area contributed by atoms with E-state index in [1.54, 1.807) is 11.1 Å². The standard InChI is InChI=1S/C27H34Br2/c28-21-13-15-23-24-16-14-22(29)20-26(24)27(25(23)19-21)17-11-9-7-5-3-1-2-4-6-8-10-12-18-27/h13-16,19-20H,1-12,17-18H2. The maximum atomic E-state index is 3.78. The minimum atomic E-state index is 0.193. The van der Waals surface area contributed by atoms with Crippen LogP contribution in [0.4, 0.5) is 0 Å². The highest BCUT2D eigenvalue weighted by atomic mass is 79.9. The van der Waals surface area contributed by atoms with Gasteiger partial charge in [-0.2, -0.15) is 0 Å². The maximum absolute atomic E-state index is 3.78. The number of fused-ring (bicyclic) bond motifs is 5. The minimum Gasteiger partial charge on any atom is -0.0533 e. The summed E-state index contributed by atoms with van der Waals surface area (Å²) in [5.41, 5.74) is 6.27. The van der Waals surface area contributed by atoms with E-state index in [0.29, 0.717) is 0 Å². The second kappa shape index (κ2) is 10.1. The first-order valence-corrected chi connectivity index (χ1v) is 13.4. The fourth-order valence-electron chi connectivity index (χ4n) is 5.72. The summed E-state index contributed by atoms with van der Waals surface area (Å²) in [5.74, 6) is 0. The average molecular weight is 518 g/mol. The molecule has 29 heavy (non-hydrogen) atoms. The Bertz CT molecular complexity index is 754. The summed E-state index contributed by atoms with van der Waals surface area (Å²) in [7, 11) is 0. The van der Waals surface area contributed by atoms with E-state index >= 15 is 0 Å². The third-order valence-corrected chi connectivity index (χ3v) is 8.23. The molecule has 0 N–H and O–H groups in total. The molecule has 1 saturated carbocycles. The van der Waals surface area contributed by atoms with Crippen LogP contribution in [0.25, 0.3) is 11.1 Å². The maximum Gasteiger partial charge on any atom is 0.0216 e. The van der Waals surface area contributed by atoms with Crippen LogP contribution >= 0.6 is 31.9 Å². The van der Waals surface area contributed by atoms with Gasteiger partial charge in [0.1, 0.15) is 0 Å². The van der Waals surface area contributed by atoms with Crippen molar-refractivity contribution in [2.75, 3.05) is 0 Å². The van der Waals surface area contributed by atoms with Gasteiger partial charge in [0.05, 0.1) is 0 Å². The lowest BCUT2D eigenvalue weighted by Crippen LogP contribution is -2.25. The Balaban J connectivity index is 1.68. The molecule has 1 fully saturated rings. The summed E-state index contributed by atoms with van der Waals surface area (Å²) in [5, 5.41) is 0. The van der Waals surface area contributed by atoms with Crippen molar-refractivity contribution in [2.24, 2.45) is 0 Å². The average Bonchev–Trinajstić information content (AvgIpc) is 2.96. The van der Waals surface area contributed by atoms with Gasteiger partial charge < -0.3 is 0 Å². The van der Waals surface area contributed by atoms with Gasteiger partial charge in [-0.15, -0.1) is 0 Å². The lowest BCUT2D eigenvalue weighted by molar-refractivity contribution is 0.399. The van der Waals surface area contributed by atoms with Crippen LogP contribution in [0.15, 0.2) is 45.3 Å². The fraction of sp³-hybridized carbons (Fsp3) is 0.556. The molecule has 0 unspecified atom stereocenters.